The summed E-state index contributed by atoms with van der Waals surface area (Å²) in [6.45, 7) is 2.00. The number of nitrogens with zero attached hydrogens (tertiary/aromatic N) is 3. The molecule has 2 aromatic heterocycles. The Labute approximate surface area is 199 Å². The highest BCUT2D eigenvalue weighted by atomic mass is 32.1. The van der Waals surface area contributed by atoms with E-state index in [0.29, 0.717) is 27.8 Å². The van der Waals surface area contributed by atoms with Crippen molar-refractivity contribution in [2.45, 2.75) is 13.3 Å². The standard InChI is InChI=1S/C24H21N5O4S/c1-2-33-23(32)20-11-12-29(28-20)19-10-6-9-17(13-19)25-21(30)14-18-15-34-24(26-18)27-22(31)16-7-4-3-5-8-16/h3-13,15H,2,14H2,1H3,(H,25,30)(H,26,27,31). The van der Waals surface area contributed by atoms with Gasteiger partial charge in [-0.05, 0) is 43.3 Å². The third-order valence-corrected chi connectivity index (χ3v) is 5.42. The molecule has 2 N–H and O–H groups in total. The molecule has 0 aliphatic carbocycles. The van der Waals surface area contributed by atoms with Crippen molar-refractivity contribution in [3.8, 4) is 5.69 Å². The van der Waals surface area contributed by atoms with E-state index in [1.807, 2.05) is 6.07 Å². The van der Waals surface area contributed by atoms with Crippen molar-refractivity contribution in [1.82, 2.24) is 14.8 Å². The number of benzene rings is 2. The van der Waals surface area contributed by atoms with Gasteiger partial charge in [-0.1, -0.05) is 24.3 Å². The number of rotatable bonds is 8. The van der Waals surface area contributed by atoms with E-state index < -0.39 is 5.97 Å². The molecule has 10 heteroatoms. The van der Waals surface area contributed by atoms with E-state index >= 15 is 0 Å². The maximum Gasteiger partial charge on any atom is 0.358 e. The minimum absolute atomic E-state index is 0.0523. The number of aromatic nitrogens is 3. The Kier molecular flexibility index (Phi) is 7.09. The summed E-state index contributed by atoms with van der Waals surface area (Å²) in [5.41, 5.74) is 2.53. The van der Waals surface area contributed by atoms with Crippen LogP contribution >= 0.6 is 11.3 Å². The first-order valence-electron chi connectivity index (χ1n) is 10.5. The molecule has 0 bridgehead atoms. The van der Waals surface area contributed by atoms with E-state index in [2.05, 4.69) is 20.7 Å². The summed E-state index contributed by atoms with van der Waals surface area (Å²) < 4.78 is 6.49. The molecule has 2 aromatic carbocycles. The van der Waals surface area contributed by atoms with E-state index in [9.17, 15) is 14.4 Å². The fourth-order valence-corrected chi connectivity index (χ4v) is 3.79. The number of carbonyl (C=O) groups is 3. The predicted molar refractivity (Wildman–Crippen MR) is 128 cm³/mol. The second kappa shape index (κ2) is 10.5. The van der Waals surface area contributed by atoms with Crippen LogP contribution in [0.4, 0.5) is 10.8 Å². The van der Waals surface area contributed by atoms with Gasteiger partial charge in [0.1, 0.15) is 0 Å². The number of hydrogen-bond acceptors (Lipinski definition) is 7. The molecule has 0 radical (unpaired) electrons. The van der Waals surface area contributed by atoms with Gasteiger partial charge in [0.25, 0.3) is 5.91 Å². The molecule has 4 aromatic rings. The van der Waals surface area contributed by atoms with Crippen LogP contribution in [0.1, 0.15) is 33.5 Å². The fourth-order valence-electron chi connectivity index (χ4n) is 3.08. The summed E-state index contributed by atoms with van der Waals surface area (Å²) in [5.74, 6) is -1.00. The fraction of sp³-hybridized carbons (Fsp3) is 0.125. The SMILES string of the molecule is CCOC(=O)c1ccn(-c2cccc(NC(=O)Cc3csc(NC(=O)c4ccccc4)n3)c2)n1. The Morgan fingerprint density at radius 2 is 1.85 bits per heavy atom. The number of carbonyl (C=O) groups excluding carboxylic acids is 3. The average Bonchev–Trinajstić information content (AvgIpc) is 3.50. The first kappa shape index (κ1) is 22.9. The Morgan fingerprint density at radius 1 is 1.03 bits per heavy atom. The van der Waals surface area contributed by atoms with Crippen molar-refractivity contribution < 1.29 is 19.1 Å². The molecular formula is C24H21N5O4S. The number of amides is 2. The monoisotopic (exact) mass is 475 g/mol. The van der Waals surface area contributed by atoms with E-state index in [4.69, 9.17) is 4.74 Å². The van der Waals surface area contributed by atoms with Gasteiger partial charge < -0.3 is 10.1 Å². The average molecular weight is 476 g/mol. The van der Waals surface area contributed by atoms with Gasteiger partial charge in [-0.25, -0.2) is 14.5 Å². The van der Waals surface area contributed by atoms with Crippen molar-refractivity contribution >= 4 is 39.9 Å². The maximum absolute atomic E-state index is 12.5. The Morgan fingerprint density at radius 3 is 2.65 bits per heavy atom. The smallest absolute Gasteiger partial charge is 0.358 e. The lowest BCUT2D eigenvalue weighted by molar-refractivity contribution is -0.115. The predicted octanol–water partition coefficient (Wildman–Crippen LogP) is 3.94. The third kappa shape index (κ3) is 5.73. The van der Waals surface area contributed by atoms with Crippen LogP contribution in [0.3, 0.4) is 0 Å². The molecule has 4 rings (SSSR count). The lowest BCUT2D eigenvalue weighted by Crippen LogP contribution is -2.15. The van der Waals surface area contributed by atoms with Crippen LogP contribution in [0.2, 0.25) is 0 Å². The van der Waals surface area contributed by atoms with Crippen molar-refractivity contribution in [3.63, 3.8) is 0 Å². The topological polar surface area (TPSA) is 115 Å². The second-order valence-electron chi connectivity index (χ2n) is 7.11. The van der Waals surface area contributed by atoms with Gasteiger partial charge in [0.05, 0.1) is 24.4 Å². The van der Waals surface area contributed by atoms with E-state index in [1.165, 1.54) is 16.0 Å². The molecule has 172 valence electrons. The van der Waals surface area contributed by atoms with Crippen LogP contribution in [0.25, 0.3) is 5.69 Å². The molecule has 0 fully saturated rings. The molecule has 0 saturated heterocycles. The molecule has 2 amide bonds. The van der Waals surface area contributed by atoms with Gasteiger partial charge in [-0.2, -0.15) is 5.10 Å². The zero-order chi connectivity index (χ0) is 23.9. The third-order valence-electron chi connectivity index (χ3n) is 4.62. The molecule has 9 nitrogen and oxygen atoms in total. The first-order valence-corrected chi connectivity index (χ1v) is 11.3. The lowest BCUT2D eigenvalue weighted by atomic mass is 10.2. The quantitative estimate of drug-likeness (QED) is 0.373. The highest BCUT2D eigenvalue weighted by molar-refractivity contribution is 7.14. The second-order valence-corrected chi connectivity index (χ2v) is 7.96. The van der Waals surface area contributed by atoms with E-state index in [0.717, 1.165) is 0 Å². The number of esters is 1. The normalized spacial score (nSPS) is 10.5. The summed E-state index contributed by atoms with van der Waals surface area (Å²) >= 11 is 1.26. The minimum atomic E-state index is -0.492. The summed E-state index contributed by atoms with van der Waals surface area (Å²) in [7, 11) is 0. The molecule has 0 spiro atoms. The maximum atomic E-state index is 12.5. The summed E-state index contributed by atoms with van der Waals surface area (Å²) in [6, 6.07) is 17.5. The molecule has 0 aliphatic rings. The largest absolute Gasteiger partial charge is 0.461 e. The number of nitrogens with one attached hydrogen (secondary N) is 2. The van der Waals surface area contributed by atoms with Crippen LogP contribution in [0, 0.1) is 0 Å². The van der Waals surface area contributed by atoms with Crippen molar-refractivity contribution in [3.05, 3.63) is 89.2 Å². The Hall–Kier alpha value is -4.31. The number of thiazole rings is 1. The highest BCUT2D eigenvalue weighted by Gasteiger charge is 2.13. The molecule has 0 unspecified atom stereocenters. The molecular weight excluding hydrogens is 454 g/mol. The first-order chi connectivity index (χ1) is 16.5. The van der Waals surface area contributed by atoms with Crippen LogP contribution in [0.15, 0.2) is 72.2 Å². The molecule has 2 heterocycles. The lowest BCUT2D eigenvalue weighted by Gasteiger charge is -2.07. The zero-order valence-electron chi connectivity index (χ0n) is 18.2. The zero-order valence-corrected chi connectivity index (χ0v) is 19.0. The van der Waals surface area contributed by atoms with Crippen molar-refractivity contribution in [2.24, 2.45) is 0 Å². The number of anilines is 2. The van der Waals surface area contributed by atoms with Crippen LogP contribution in [0.5, 0.6) is 0 Å². The molecule has 0 saturated carbocycles. The van der Waals surface area contributed by atoms with Gasteiger partial charge in [-0.3, -0.25) is 14.9 Å². The minimum Gasteiger partial charge on any atom is -0.461 e. The molecule has 34 heavy (non-hydrogen) atoms. The van der Waals surface area contributed by atoms with Gasteiger partial charge in [-0.15, -0.1) is 11.3 Å². The van der Waals surface area contributed by atoms with Crippen molar-refractivity contribution in [2.75, 3.05) is 17.2 Å². The summed E-state index contributed by atoms with van der Waals surface area (Å²) in [5, 5.41) is 12.0. The summed E-state index contributed by atoms with van der Waals surface area (Å²) in [6.07, 6.45) is 1.70. The Bertz CT molecular complexity index is 1320. The van der Waals surface area contributed by atoms with Crippen molar-refractivity contribution in [1.29, 1.82) is 0 Å². The van der Waals surface area contributed by atoms with Crippen LogP contribution in [-0.2, 0) is 16.0 Å². The summed E-state index contributed by atoms with van der Waals surface area (Å²) in [4.78, 5) is 40.9. The van der Waals surface area contributed by atoms with Gasteiger partial charge >= 0.3 is 5.97 Å². The number of ether oxygens (including phenoxy) is 1. The number of hydrogen-bond donors (Lipinski definition) is 2. The molecule has 0 atom stereocenters. The van der Waals surface area contributed by atoms with Crippen LogP contribution in [-0.4, -0.2) is 39.2 Å². The van der Waals surface area contributed by atoms with E-state index in [-0.39, 0.29) is 30.5 Å². The highest BCUT2D eigenvalue weighted by Crippen LogP contribution is 2.19. The van der Waals surface area contributed by atoms with Crippen LogP contribution < -0.4 is 10.6 Å². The van der Waals surface area contributed by atoms with E-state index in [1.54, 1.807) is 73.1 Å². The van der Waals surface area contributed by atoms with Gasteiger partial charge in [0, 0.05) is 22.8 Å². The molecule has 0 aliphatic heterocycles. The Balaban J connectivity index is 1.36. The van der Waals surface area contributed by atoms with Gasteiger partial charge in [0.2, 0.25) is 5.91 Å². The van der Waals surface area contributed by atoms with Gasteiger partial charge in [0.15, 0.2) is 10.8 Å².